The number of methoxy groups -OCH3 is 1. The third-order valence-corrected chi connectivity index (χ3v) is 7.12. The molecule has 4 bridgehead atoms. The van der Waals surface area contributed by atoms with Crippen molar-refractivity contribution < 1.29 is 14.3 Å². The smallest absolute Gasteiger partial charge is 0.240 e. The van der Waals surface area contributed by atoms with Crippen LogP contribution in [0.1, 0.15) is 44.1 Å². The molecule has 4 aliphatic rings. The summed E-state index contributed by atoms with van der Waals surface area (Å²) in [7, 11) is 1.55. The standard InChI is InChI=1S/C21H27ClN2O3/c1-27-18-3-2-12(7-16(18)22)8-17(19(23)25)24-20(26)21-9-13-4-14(10-21)6-15(5-13)11-21/h2-3,7,13-15,17H,4-6,8-11H2,1H3,(H2,23,25)(H,24,26)/t13?,14?,15?,17-,21?/m1/s1. The lowest BCUT2D eigenvalue weighted by Gasteiger charge is -2.55. The number of benzene rings is 1. The van der Waals surface area contributed by atoms with E-state index in [1.807, 2.05) is 6.07 Å². The van der Waals surface area contributed by atoms with Crippen LogP contribution in [-0.4, -0.2) is 25.0 Å². The van der Waals surface area contributed by atoms with Crippen molar-refractivity contribution in [2.24, 2.45) is 28.9 Å². The molecule has 27 heavy (non-hydrogen) atoms. The van der Waals surface area contributed by atoms with Crippen molar-refractivity contribution in [2.45, 2.75) is 51.0 Å². The summed E-state index contributed by atoms with van der Waals surface area (Å²) in [6.07, 6.45) is 7.04. The van der Waals surface area contributed by atoms with E-state index in [1.54, 1.807) is 19.2 Å². The van der Waals surface area contributed by atoms with Gasteiger partial charge in [-0.15, -0.1) is 0 Å². The van der Waals surface area contributed by atoms with Gasteiger partial charge in [-0.25, -0.2) is 0 Å². The van der Waals surface area contributed by atoms with Crippen LogP contribution in [0.25, 0.3) is 0 Å². The van der Waals surface area contributed by atoms with Crippen LogP contribution in [0.2, 0.25) is 5.02 Å². The van der Waals surface area contributed by atoms with Gasteiger partial charge in [0.15, 0.2) is 0 Å². The second kappa shape index (κ2) is 7.01. The van der Waals surface area contributed by atoms with E-state index in [2.05, 4.69) is 5.32 Å². The van der Waals surface area contributed by atoms with Crippen molar-refractivity contribution in [3.05, 3.63) is 28.8 Å². The molecule has 146 valence electrons. The second-order valence-electron chi connectivity index (χ2n) is 8.80. The minimum atomic E-state index is -0.727. The zero-order valence-electron chi connectivity index (χ0n) is 15.7. The summed E-state index contributed by atoms with van der Waals surface area (Å²) in [6, 6.07) is 4.64. The summed E-state index contributed by atoms with van der Waals surface area (Å²) in [5, 5.41) is 3.46. The lowest BCUT2D eigenvalue weighted by atomic mass is 9.49. The Morgan fingerprint density at radius 1 is 1.22 bits per heavy atom. The molecule has 0 radical (unpaired) electrons. The van der Waals surface area contributed by atoms with Gasteiger partial charge in [0.25, 0.3) is 0 Å². The van der Waals surface area contributed by atoms with Crippen LogP contribution < -0.4 is 15.8 Å². The number of ether oxygens (including phenoxy) is 1. The maximum absolute atomic E-state index is 13.2. The van der Waals surface area contributed by atoms with E-state index < -0.39 is 11.9 Å². The zero-order valence-corrected chi connectivity index (χ0v) is 16.4. The maximum Gasteiger partial charge on any atom is 0.240 e. The molecular formula is C21H27ClN2O3. The number of carbonyl (C=O) groups excluding carboxylic acids is 2. The minimum absolute atomic E-state index is 0.0185. The first-order valence-corrected chi connectivity index (χ1v) is 10.2. The third-order valence-electron chi connectivity index (χ3n) is 6.82. The molecule has 3 N–H and O–H groups in total. The number of nitrogens with two attached hydrogens (primary N) is 1. The number of nitrogens with one attached hydrogen (secondary N) is 1. The average Bonchev–Trinajstić information content (AvgIpc) is 2.60. The van der Waals surface area contributed by atoms with E-state index in [4.69, 9.17) is 22.1 Å². The van der Waals surface area contributed by atoms with Crippen molar-refractivity contribution in [2.75, 3.05) is 7.11 Å². The van der Waals surface area contributed by atoms with E-state index in [0.717, 1.165) is 24.8 Å². The largest absolute Gasteiger partial charge is 0.495 e. The van der Waals surface area contributed by atoms with Gasteiger partial charge in [0, 0.05) is 11.8 Å². The van der Waals surface area contributed by atoms with Gasteiger partial charge in [-0.1, -0.05) is 17.7 Å². The predicted molar refractivity (Wildman–Crippen MR) is 103 cm³/mol. The van der Waals surface area contributed by atoms with Gasteiger partial charge < -0.3 is 15.8 Å². The van der Waals surface area contributed by atoms with Crippen LogP contribution in [0.3, 0.4) is 0 Å². The molecule has 0 aliphatic heterocycles. The first kappa shape index (κ1) is 18.6. The van der Waals surface area contributed by atoms with Crippen molar-refractivity contribution >= 4 is 23.4 Å². The molecule has 5 rings (SSSR count). The summed E-state index contributed by atoms with van der Waals surface area (Å²) >= 11 is 6.18. The highest BCUT2D eigenvalue weighted by Gasteiger charge is 2.54. The van der Waals surface area contributed by atoms with Gasteiger partial charge in [-0.2, -0.15) is 0 Å². The Bertz CT molecular complexity index is 729. The maximum atomic E-state index is 13.2. The Morgan fingerprint density at radius 3 is 2.30 bits per heavy atom. The van der Waals surface area contributed by atoms with E-state index in [-0.39, 0.29) is 11.3 Å². The summed E-state index contributed by atoms with van der Waals surface area (Å²) in [5.74, 6) is 2.11. The van der Waals surface area contributed by atoms with E-state index in [1.165, 1.54) is 19.3 Å². The van der Waals surface area contributed by atoms with Crippen molar-refractivity contribution in [3.8, 4) is 5.75 Å². The molecule has 0 saturated heterocycles. The number of hydrogen-bond acceptors (Lipinski definition) is 3. The fourth-order valence-electron chi connectivity index (χ4n) is 6.00. The minimum Gasteiger partial charge on any atom is -0.495 e. The molecule has 6 heteroatoms. The molecule has 1 aromatic carbocycles. The second-order valence-corrected chi connectivity index (χ2v) is 9.21. The Labute approximate surface area is 165 Å². The molecule has 4 aliphatic carbocycles. The van der Waals surface area contributed by atoms with Gasteiger partial charge >= 0.3 is 0 Å². The number of halogens is 1. The Kier molecular flexibility index (Phi) is 4.83. The van der Waals surface area contributed by atoms with Crippen molar-refractivity contribution in [1.29, 1.82) is 0 Å². The number of hydrogen-bond donors (Lipinski definition) is 2. The Hall–Kier alpha value is -1.75. The van der Waals surface area contributed by atoms with E-state index in [9.17, 15) is 9.59 Å². The van der Waals surface area contributed by atoms with Crippen LogP contribution in [0, 0.1) is 23.2 Å². The average molecular weight is 391 g/mol. The molecule has 4 saturated carbocycles. The molecule has 0 heterocycles. The molecule has 2 amide bonds. The highest BCUT2D eigenvalue weighted by Crippen LogP contribution is 2.60. The summed E-state index contributed by atoms with van der Waals surface area (Å²) in [5.41, 5.74) is 6.16. The van der Waals surface area contributed by atoms with Crippen molar-refractivity contribution in [1.82, 2.24) is 5.32 Å². The summed E-state index contributed by atoms with van der Waals surface area (Å²) in [4.78, 5) is 25.2. The van der Waals surface area contributed by atoms with E-state index >= 15 is 0 Å². The number of carbonyl (C=O) groups is 2. The third kappa shape index (κ3) is 3.54. The van der Waals surface area contributed by atoms with Crippen molar-refractivity contribution in [3.63, 3.8) is 0 Å². The lowest BCUT2D eigenvalue weighted by Crippen LogP contribution is -2.57. The first-order chi connectivity index (χ1) is 12.9. The number of primary amides is 1. The Morgan fingerprint density at radius 2 is 1.81 bits per heavy atom. The molecule has 1 atom stereocenters. The molecule has 0 aromatic heterocycles. The number of amides is 2. The van der Waals surface area contributed by atoms with E-state index in [0.29, 0.717) is 34.9 Å². The molecule has 1 aromatic rings. The van der Waals surface area contributed by atoms with Gasteiger partial charge in [0.1, 0.15) is 11.8 Å². The fourth-order valence-corrected chi connectivity index (χ4v) is 6.28. The van der Waals surface area contributed by atoms with Gasteiger partial charge in [0.2, 0.25) is 11.8 Å². The van der Waals surface area contributed by atoms with Gasteiger partial charge in [-0.3, -0.25) is 9.59 Å². The monoisotopic (exact) mass is 390 g/mol. The topological polar surface area (TPSA) is 81.4 Å². The SMILES string of the molecule is COc1ccc(C[C@@H](NC(=O)C23CC4CC(CC(C4)C2)C3)C(N)=O)cc1Cl. The predicted octanol–water partition coefficient (Wildman–Crippen LogP) is 3.08. The van der Waals surface area contributed by atoms with Gasteiger partial charge in [0.05, 0.1) is 12.1 Å². The van der Waals surface area contributed by atoms with Crippen LogP contribution in [0.5, 0.6) is 5.75 Å². The lowest BCUT2D eigenvalue weighted by molar-refractivity contribution is -0.148. The normalized spacial score (nSPS) is 32.1. The highest BCUT2D eigenvalue weighted by molar-refractivity contribution is 6.32. The van der Waals surface area contributed by atoms with Crippen LogP contribution in [0.15, 0.2) is 18.2 Å². The molecule has 5 nitrogen and oxygen atoms in total. The zero-order chi connectivity index (χ0) is 19.2. The van der Waals surface area contributed by atoms with Gasteiger partial charge in [-0.05, 0) is 74.0 Å². The highest BCUT2D eigenvalue weighted by atomic mass is 35.5. The molecule has 4 fully saturated rings. The molecule has 0 unspecified atom stereocenters. The van der Waals surface area contributed by atoms with Crippen LogP contribution in [0.4, 0.5) is 0 Å². The Balaban J connectivity index is 1.48. The first-order valence-electron chi connectivity index (χ1n) is 9.81. The number of rotatable bonds is 6. The van der Waals surface area contributed by atoms with Crippen LogP contribution in [-0.2, 0) is 16.0 Å². The molecular weight excluding hydrogens is 364 g/mol. The summed E-state index contributed by atoms with van der Waals surface area (Å²) < 4.78 is 5.16. The fraction of sp³-hybridized carbons (Fsp3) is 0.619. The molecule has 0 spiro atoms. The van der Waals surface area contributed by atoms with Crippen LogP contribution >= 0.6 is 11.6 Å². The quantitative estimate of drug-likeness (QED) is 0.783. The summed E-state index contributed by atoms with van der Waals surface area (Å²) in [6.45, 7) is 0.